The van der Waals surface area contributed by atoms with Gasteiger partial charge in [-0.3, -0.25) is 4.57 Å². The molecule has 1 aromatic carbocycles. The molecule has 142 valence electrons. The summed E-state index contributed by atoms with van der Waals surface area (Å²) in [5, 5.41) is 21.1. The van der Waals surface area contributed by atoms with E-state index in [9.17, 15) is 4.79 Å². The third kappa shape index (κ3) is 3.68. The minimum absolute atomic E-state index is 0.0454. The zero-order valence-corrected chi connectivity index (χ0v) is 16.9. The van der Waals surface area contributed by atoms with Gasteiger partial charge in [0.05, 0.1) is 17.7 Å². The number of carboxylic acids is 1. The number of furan rings is 1. The molecule has 7 nitrogen and oxygen atoms in total. The number of benzene rings is 1. The lowest BCUT2D eigenvalue weighted by atomic mass is 10.2. The second-order valence-electron chi connectivity index (χ2n) is 5.77. The summed E-state index contributed by atoms with van der Waals surface area (Å²) in [6.07, 6.45) is 1.58. The monoisotopic (exact) mass is 432 g/mol. The fourth-order valence-corrected chi connectivity index (χ4v) is 4.47. The molecule has 3 heterocycles. The van der Waals surface area contributed by atoms with Crippen LogP contribution in [-0.4, -0.2) is 30.8 Å². The Bertz CT molecular complexity index is 1140. The van der Waals surface area contributed by atoms with Gasteiger partial charge in [0.25, 0.3) is 0 Å². The van der Waals surface area contributed by atoms with Gasteiger partial charge in [-0.1, -0.05) is 29.4 Å². The van der Waals surface area contributed by atoms with Gasteiger partial charge in [-0.25, -0.2) is 9.78 Å². The van der Waals surface area contributed by atoms with Crippen molar-refractivity contribution >= 4 is 40.7 Å². The van der Waals surface area contributed by atoms with Crippen LogP contribution in [0.1, 0.15) is 21.1 Å². The molecule has 0 fully saturated rings. The fraction of sp³-hybridized carbons (Fsp3) is 0.111. The Kier molecular flexibility index (Phi) is 5.21. The van der Waals surface area contributed by atoms with Crippen LogP contribution in [-0.2, 0) is 5.75 Å². The molecule has 0 unspecified atom stereocenters. The van der Waals surface area contributed by atoms with Crippen molar-refractivity contribution in [2.75, 3.05) is 0 Å². The van der Waals surface area contributed by atoms with Gasteiger partial charge in [-0.2, -0.15) is 0 Å². The molecule has 0 atom stereocenters. The summed E-state index contributed by atoms with van der Waals surface area (Å²) in [6, 6.07) is 9.21. The van der Waals surface area contributed by atoms with E-state index < -0.39 is 5.97 Å². The number of thiazole rings is 1. The summed E-state index contributed by atoms with van der Waals surface area (Å²) in [6.45, 7) is 1.98. The third-order valence-electron chi connectivity index (χ3n) is 3.88. The van der Waals surface area contributed by atoms with Crippen LogP contribution in [0.15, 0.2) is 51.5 Å². The molecule has 0 amide bonds. The molecule has 0 saturated carbocycles. The second-order valence-corrected chi connectivity index (χ2v) is 8.09. The molecule has 0 saturated heterocycles. The van der Waals surface area contributed by atoms with Crippen LogP contribution in [0.25, 0.3) is 17.3 Å². The normalized spacial score (nSPS) is 11.1. The van der Waals surface area contributed by atoms with Crippen LogP contribution in [0, 0.1) is 6.92 Å². The third-order valence-corrected chi connectivity index (χ3v) is 6.09. The first-order valence-corrected chi connectivity index (χ1v) is 10.3. The Labute approximate surface area is 173 Å². The maximum Gasteiger partial charge on any atom is 0.355 e. The van der Waals surface area contributed by atoms with Crippen molar-refractivity contribution in [3.63, 3.8) is 0 Å². The highest BCUT2D eigenvalue weighted by Crippen LogP contribution is 2.32. The number of rotatable bonds is 6. The maximum absolute atomic E-state index is 11.0. The van der Waals surface area contributed by atoms with E-state index in [2.05, 4.69) is 15.2 Å². The topological polar surface area (TPSA) is 94.0 Å². The zero-order valence-electron chi connectivity index (χ0n) is 14.5. The molecule has 0 radical (unpaired) electrons. The number of carboxylic acid groups (broad SMARTS) is 1. The van der Waals surface area contributed by atoms with Crippen molar-refractivity contribution in [3.8, 4) is 17.3 Å². The first kappa shape index (κ1) is 18.7. The number of aromatic nitrogens is 4. The van der Waals surface area contributed by atoms with Crippen molar-refractivity contribution in [1.29, 1.82) is 0 Å². The fourth-order valence-electron chi connectivity index (χ4n) is 2.57. The van der Waals surface area contributed by atoms with Crippen molar-refractivity contribution in [1.82, 2.24) is 19.7 Å². The van der Waals surface area contributed by atoms with E-state index in [1.54, 1.807) is 12.3 Å². The summed E-state index contributed by atoms with van der Waals surface area (Å²) in [4.78, 5) is 15.1. The molecule has 3 aromatic heterocycles. The van der Waals surface area contributed by atoms with Crippen LogP contribution in [0.5, 0.6) is 0 Å². The Morgan fingerprint density at radius 2 is 2.21 bits per heavy atom. The molecule has 0 spiro atoms. The van der Waals surface area contributed by atoms with Crippen LogP contribution in [0.3, 0.4) is 0 Å². The molecule has 0 aliphatic heterocycles. The van der Waals surface area contributed by atoms with Gasteiger partial charge in [0, 0.05) is 10.4 Å². The highest BCUT2D eigenvalue weighted by Gasteiger charge is 2.20. The minimum Gasteiger partial charge on any atom is -0.476 e. The molecule has 4 aromatic rings. The predicted molar refractivity (Wildman–Crippen MR) is 107 cm³/mol. The molecule has 0 aliphatic rings. The van der Waals surface area contributed by atoms with E-state index in [-0.39, 0.29) is 5.69 Å². The molecule has 0 bridgehead atoms. The van der Waals surface area contributed by atoms with Gasteiger partial charge in [-0.05, 0) is 36.8 Å². The number of thioether (sulfide) groups is 1. The van der Waals surface area contributed by atoms with E-state index in [1.165, 1.54) is 28.5 Å². The number of aryl methyl sites for hydroxylation is 1. The quantitative estimate of drug-likeness (QED) is 0.431. The van der Waals surface area contributed by atoms with E-state index >= 15 is 0 Å². The molecular weight excluding hydrogens is 420 g/mol. The van der Waals surface area contributed by atoms with Gasteiger partial charge >= 0.3 is 5.97 Å². The van der Waals surface area contributed by atoms with Crippen LogP contribution in [0.4, 0.5) is 0 Å². The summed E-state index contributed by atoms with van der Waals surface area (Å²) in [5.74, 6) is 0.572. The summed E-state index contributed by atoms with van der Waals surface area (Å²) >= 11 is 8.93. The van der Waals surface area contributed by atoms with Crippen molar-refractivity contribution in [2.45, 2.75) is 17.8 Å². The molecule has 1 N–H and O–H groups in total. The van der Waals surface area contributed by atoms with Gasteiger partial charge in [0.2, 0.25) is 5.82 Å². The maximum atomic E-state index is 11.0. The highest BCUT2D eigenvalue weighted by atomic mass is 35.5. The number of aromatic carboxylic acids is 1. The molecule has 10 heteroatoms. The van der Waals surface area contributed by atoms with E-state index in [4.69, 9.17) is 21.1 Å². The summed E-state index contributed by atoms with van der Waals surface area (Å²) in [5.41, 5.74) is 1.89. The number of hydrogen-bond acceptors (Lipinski definition) is 7. The number of halogens is 1. The molecular formula is C18H13ClN4O3S2. The average molecular weight is 433 g/mol. The first-order valence-electron chi connectivity index (χ1n) is 8.09. The number of hydrogen-bond donors (Lipinski definition) is 1. The summed E-state index contributed by atoms with van der Waals surface area (Å²) < 4.78 is 7.40. The minimum atomic E-state index is -1.04. The Morgan fingerprint density at radius 1 is 1.36 bits per heavy atom. The van der Waals surface area contributed by atoms with Crippen molar-refractivity contribution in [2.24, 2.45) is 0 Å². The number of nitrogens with zero attached hydrogens (tertiary/aromatic N) is 4. The van der Waals surface area contributed by atoms with E-state index in [0.29, 0.717) is 32.5 Å². The molecule has 0 aliphatic carbocycles. The van der Waals surface area contributed by atoms with E-state index in [1.807, 2.05) is 35.8 Å². The van der Waals surface area contributed by atoms with Crippen LogP contribution >= 0.6 is 34.7 Å². The average Bonchev–Trinajstić information content (AvgIpc) is 3.42. The van der Waals surface area contributed by atoms with E-state index in [0.717, 1.165) is 11.3 Å². The number of carbonyl (C=O) groups is 1. The smallest absolute Gasteiger partial charge is 0.355 e. The molecule has 28 heavy (non-hydrogen) atoms. The summed E-state index contributed by atoms with van der Waals surface area (Å²) in [7, 11) is 0. The van der Waals surface area contributed by atoms with Gasteiger partial charge in [-0.15, -0.1) is 21.5 Å². The zero-order chi connectivity index (χ0) is 19.7. The van der Waals surface area contributed by atoms with Gasteiger partial charge in [0.15, 0.2) is 16.6 Å². The van der Waals surface area contributed by atoms with Crippen molar-refractivity contribution < 1.29 is 14.3 Å². The largest absolute Gasteiger partial charge is 0.476 e. The van der Waals surface area contributed by atoms with Crippen molar-refractivity contribution in [3.05, 3.63) is 63.3 Å². The standard InChI is InChI=1S/C18H13ClN4O3S2/c1-10-4-5-11(19)7-13(10)23-16(14-3-2-6-26-14)21-22-18(23)28-9-15-20-12(8-27-15)17(24)25/h2-8H,9H2,1H3,(H,24,25). The molecule has 4 rings (SSSR count). The lowest BCUT2D eigenvalue weighted by Gasteiger charge is -2.12. The second kappa shape index (κ2) is 7.78. The SMILES string of the molecule is Cc1ccc(Cl)cc1-n1c(SCc2nc(C(=O)O)cs2)nnc1-c1ccco1. The lowest BCUT2D eigenvalue weighted by Crippen LogP contribution is -2.02. The Morgan fingerprint density at radius 3 is 2.93 bits per heavy atom. The van der Waals surface area contributed by atoms with Crippen LogP contribution in [0.2, 0.25) is 5.02 Å². The highest BCUT2D eigenvalue weighted by molar-refractivity contribution is 7.98. The Balaban J connectivity index is 1.73. The van der Waals surface area contributed by atoms with Gasteiger partial charge in [0.1, 0.15) is 5.01 Å². The first-order chi connectivity index (χ1) is 13.5. The predicted octanol–water partition coefficient (Wildman–Crippen LogP) is 4.94. The lowest BCUT2D eigenvalue weighted by molar-refractivity contribution is 0.0691. The van der Waals surface area contributed by atoms with Gasteiger partial charge < -0.3 is 9.52 Å². The van der Waals surface area contributed by atoms with Crippen LogP contribution < -0.4 is 0 Å². The Hall–Kier alpha value is -2.62.